The van der Waals surface area contributed by atoms with E-state index in [1.807, 2.05) is 0 Å². The molecule has 0 bridgehead atoms. The Bertz CT molecular complexity index is 673. The summed E-state index contributed by atoms with van der Waals surface area (Å²) in [6.45, 7) is 15.4. The van der Waals surface area contributed by atoms with Crippen molar-refractivity contribution in [3.8, 4) is 0 Å². The Hall–Kier alpha value is -0.930. The second-order valence-corrected chi connectivity index (χ2v) is 13.0. The van der Waals surface area contributed by atoms with E-state index in [0.717, 1.165) is 25.9 Å². The van der Waals surface area contributed by atoms with E-state index in [1.54, 1.807) is 0 Å². The van der Waals surface area contributed by atoms with E-state index in [2.05, 4.69) is 13.8 Å². The van der Waals surface area contributed by atoms with Gasteiger partial charge in [0.25, 0.3) is 0 Å². The number of hydrogen-bond donors (Lipinski definition) is 0. The Morgan fingerprint density at radius 2 is 0.491 bits per heavy atom. The molecule has 12 nitrogen and oxygen atoms in total. The Kier molecular flexibility index (Phi) is 48.2. The SMILES string of the molecule is CCCCCCCCCCCCCOCCOCCOCCOCCOCCOCCOCCOCCOCCOCCOC(=O)CCCCCCC. The first kappa shape index (κ1) is 52.1. The molecule has 318 valence electrons. The summed E-state index contributed by atoms with van der Waals surface area (Å²) >= 11 is 0. The van der Waals surface area contributed by atoms with Gasteiger partial charge in [-0.05, 0) is 12.8 Å². The zero-order valence-electron chi connectivity index (χ0n) is 34.3. The molecule has 0 heterocycles. The van der Waals surface area contributed by atoms with Crippen molar-refractivity contribution in [2.75, 3.05) is 139 Å². The topological polar surface area (TPSA) is 119 Å². The van der Waals surface area contributed by atoms with Crippen molar-refractivity contribution in [1.29, 1.82) is 0 Å². The lowest BCUT2D eigenvalue weighted by Crippen LogP contribution is -2.15. The molecule has 0 aliphatic carbocycles. The predicted molar refractivity (Wildman–Crippen MR) is 209 cm³/mol. The molecule has 12 heteroatoms. The van der Waals surface area contributed by atoms with Gasteiger partial charge in [-0.2, -0.15) is 0 Å². The first-order chi connectivity index (χ1) is 26.3. The standard InChI is InChI=1S/C41H82O12/c1-3-5-7-9-10-11-12-13-14-16-18-20-43-21-22-44-23-24-45-25-26-46-27-28-47-29-30-48-31-32-49-33-34-50-35-36-51-37-38-52-39-40-53-41(42)19-17-15-8-6-4-2/h3-40H2,1-2H3. The molecule has 0 saturated heterocycles. The van der Waals surface area contributed by atoms with Crippen molar-refractivity contribution in [3.63, 3.8) is 0 Å². The highest BCUT2D eigenvalue weighted by atomic mass is 16.6. The minimum absolute atomic E-state index is 0.144. The van der Waals surface area contributed by atoms with Gasteiger partial charge in [0, 0.05) is 13.0 Å². The van der Waals surface area contributed by atoms with Crippen molar-refractivity contribution in [2.24, 2.45) is 0 Å². The number of carbonyl (C=O) groups is 1. The third-order valence-corrected chi connectivity index (χ3v) is 8.22. The predicted octanol–water partition coefficient (Wildman–Crippen LogP) is 7.37. The van der Waals surface area contributed by atoms with Gasteiger partial charge in [0.15, 0.2) is 0 Å². The summed E-state index contributed by atoms with van der Waals surface area (Å²) in [7, 11) is 0. The van der Waals surface area contributed by atoms with Crippen LogP contribution in [0.2, 0.25) is 0 Å². The van der Waals surface area contributed by atoms with Crippen LogP contribution in [0.25, 0.3) is 0 Å². The van der Waals surface area contributed by atoms with Crippen LogP contribution in [-0.4, -0.2) is 145 Å². The average Bonchev–Trinajstić information content (AvgIpc) is 3.16. The van der Waals surface area contributed by atoms with Crippen LogP contribution >= 0.6 is 0 Å². The molecule has 0 fully saturated rings. The molecule has 0 aromatic rings. The lowest BCUT2D eigenvalue weighted by Gasteiger charge is -2.09. The summed E-state index contributed by atoms with van der Waals surface area (Å²) in [6, 6.07) is 0. The maximum Gasteiger partial charge on any atom is 0.305 e. The second kappa shape index (κ2) is 49.1. The molecule has 0 N–H and O–H groups in total. The van der Waals surface area contributed by atoms with E-state index >= 15 is 0 Å². The van der Waals surface area contributed by atoms with Crippen LogP contribution in [0.5, 0.6) is 0 Å². The lowest BCUT2D eigenvalue weighted by molar-refractivity contribution is -0.145. The van der Waals surface area contributed by atoms with Crippen LogP contribution in [0, 0.1) is 0 Å². The highest BCUT2D eigenvalue weighted by Gasteiger charge is 2.03. The zero-order valence-corrected chi connectivity index (χ0v) is 34.3. The van der Waals surface area contributed by atoms with Crippen molar-refractivity contribution in [2.45, 2.75) is 123 Å². The van der Waals surface area contributed by atoms with E-state index in [-0.39, 0.29) is 12.6 Å². The Labute approximate surface area is 324 Å². The first-order valence-corrected chi connectivity index (χ1v) is 21.2. The monoisotopic (exact) mass is 767 g/mol. The minimum atomic E-state index is -0.144. The number of hydrogen-bond acceptors (Lipinski definition) is 12. The van der Waals surface area contributed by atoms with Crippen LogP contribution < -0.4 is 0 Å². The maximum absolute atomic E-state index is 11.6. The lowest BCUT2D eigenvalue weighted by atomic mass is 10.1. The second-order valence-electron chi connectivity index (χ2n) is 13.0. The van der Waals surface area contributed by atoms with E-state index in [4.69, 9.17) is 52.1 Å². The Balaban J connectivity index is 3.08. The first-order valence-electron chi connectivity index (χ1n) is 21.2. The molecule has 0 amide bonds. The maximum atomic E-state index is 11.6. The molecule has 0 saturated carbocycles. The molecule has 0 aliphatic heterocycles. The number of rotatable bonds is 48. The number of carbonyl (C=O) groups excluding carboxylic acids is 1. The Morgan fingerprint density at radius 1 is 0.264 bits per heavy atom. The van der Waals surface area contributed by atoms with Gasteiger partial charge < -0.3 is 52.1 Å². The molecular formula is C41H82O12. The molecule has 0 aromatic carbocycles. The van der Waals surface area contributed by atoms with Crippen LogP contribution in [0.4, 0.5) is 0 Å². The zero-order chi connectivity index (χ0) is 38.2. The molecule has 0 rings (SSSR count). The molecule has 0 aromatic heterocycles. The van der Waals surface area contributed by atoms with Crippen LogP contribution in [0.1, 0.15) is 123 Å². The fourth-order valence-electron chi connectivity index (χ4n) is 5.11. The van der Waals surface area contributed by atoms with Gasteiger partial charge in [-0.3, -0.25) is 4.79 Å². The number of unbranched alkanes of at least 4 members (excludes halogenated alkanes) is 14. The molecule has 0 atom stereocenters. The average molecular weight is 767 g/mol. The fraction of sp³-hybridized carbons (Fsp3) is 0.976. The van der Waals surface area contributed by atoms with E-state index < -0.39 is 0 Å². The minimum Gasteiger partial charge on any atom is -0.463 e. The highest BCUT2D eigenvalue weighted by molar-refractivity contribution is 5.69. The number of ether oxygens (including phenoxy) is 11. The van der Waals surface area contributed by atoms with Crippen molar-refractivity contribution < 1.29 is 56.9 Å². The summed E-state index contributed by atoms with van der Waals surface area (Å²) in [5.41, 5.74) is 0. The van der Waals surface area contributed by atoms with Gasteiger partial charge in [0.05, 0.1) is 126 Å². The van der Waals surface area contributed by atoms with Crippen LogP contribution in [0.15, 0.2) is 0 Å². The molecule has 0 radical (unpaired) electrons. The smallest absolute Gasteiger partial charge is 0.305 e. The van der Waals surface area contributed by atoms with E-state index in [1.165, 1.54) is 83.5 Å². The fourth-order valence-corrected chi connectivity index (χ4v) is 5.11. The summed E-state index contributed by atoms with van der Waals surface area (Å²) in [5.74, 6) is -0.144. The molecule has 0 unspecified atom stereocenters. The van der Waals surface area contributed by atoms with Gasteiger partial charge >= 0.3 is 5.97 Å². The van der Waals surface area contributed by atoms with Gasteiger partial charge in [-0.25, -0.2) is 0 Å². The quantitative estimate of drug-likeness (QED) is 0.0455. The van der Waals surface area contributed by atoms with Gasteiger partial charge in [-0.15, -0.1) is 0 Å². The summed E-state index contributed by atoms with van der Waals surface area (Å²) in [6.07, 6.45) is 20.9. The molecule has 0 spiro atoms. The molecule has 0 aliphatic rings. The normalized spacial score (nSPS) is 11.5. The van der Waals surface area contributed by atoms with Gasteiger partial charge in [0.1, 0.15) is 6.61 Å². The summed E-state index contributed by atoms with van der Waals surface area (Å²) in [5, 5.41) is 0. The number of esters is 1. The molecular weight excluding hydrogens is 684 g/mol. The summed E-state index contributed by atoms with van der Waals surface area (Å²) < 4.78 is 60.3. The third-order valence-electron chi connectivity index (χ3n) is 8.22. The highest BCUT2D eigenvalue weighted by Crippen LogP contribution is 2.11. The van der Waals surface area contributed by atoms with Gasteiger partial charge in [-0.1, -0.05) is 104 Å². The van der Waals surface area contributed by atoms with Crippen LogP contribution in [0.3, 0.4) is 0 Å². The van der Waals surface area contributed by atoms with E-state index in [9.17, 15) is 4.79 Å². The summed E-state index contributed by atoms with van der Waals surface area (Å²) in [4.78, 5) is 11.6. The molecule has 53 heavy (non-hydrogen) atoms. The van der Waals surface area contributed by atoms with Gasteiger partial charge in [0.2, 0.25) is 0 Å². The van der Waals surface area contributed by atoms with Crippen molar-refractivity contribution >= 4 is 5.97 Å². The van der Waals surface area contributed by atoms with Crippen molar-refractivity contribution in [1.82, 2.24) is 0 Å². The van der Waals surface area contributed by atoms with Crippen LogP contribution in [-0.2, 0) is 56.9 Å². The Morgan fingerprint density at radius 3 is 0.792 bits per heavy atom. The largest absolute Gasteiger partial charge is 0.463 e. The van der Waals surface area contributed by atoms with E-state index in [0.29, 0.717) is 132 Å². The van der Waals surface area contributed by atoms with Crippen molar-refractivity contribution in [3.05, 3.63) is 0 Å². The third kappa shape index (κ3) is 49.1.